The van der Waals surface area contributed by atoms with Crippen molar-refractivity contribution in [3.63, 3.8) is 0 Å². The number of fused-ring (bicyclic) bond motifs is 1. The van der Waals surface area contributed by atoms with Gasteiger partial charge in [-0.25, -0.2) is 4.39 Å². The minimum absolute atomic E-state index is 0.240. The molecule has 1 N–H and O–H groups in total. The fourth-order valence-corrected chi connectivity index (χ4v) is 2.33. The van der Waals surface area contributed by atoms with Crippen molar-refractivity contribution in [1.29, 1.82) is 0 Å². The standard InChI is InChI=1S/C15H11ClFNO/c16-11-4-3-6-13-15(11)10(8-18-13)9-19-14-7-2-1-5-12(14)17/h1-8,18H,9H2. The van der Waals surface area contributed by atoms with Crippen LogP contribution < -0.4 is 4.74 Å². The van der Waals surface area contributed by atoms with Crippen LogP contribution in [0.25, 0.3) is 10.9 Å². The first kappa shape index (κ1) is 12.1. The summed E-state index contributed by atoms with van der Waals surface area (Å²) in [5.41, 5.74) is 1.85. The molecule has 0 saturated heterocycles. The van der Waals surface area contributed by atoms with E-state index in [1.165, 1.54) is 6.07 Å². The van der Waals surface area contributed by atoms with E-state index in [4.69, 9.17) is 16.3 Å². The quantitative estimate of drug-likeness (QED) is 0.746. The third-order valence-corrected chi connectivity index (χ3v) is 3.27. The van der Waals surface area contributed by atoms with Crippen molar-refractivity contribution in [3.05, 3.63) is 65.1 Å². The molecule has 2 aromatic carbocycles. The summed E-state index contributed by atoms with van der Waals surface area (Å²) < 4.78 is 18.9. The summed E-state index contributed by atoms with van der Waals surface area (Å²) in [6.45, 7) is 0.269. The second kappa shape index (κ2) is 4.94. The van der Waals surface area contributed by atoms with Crippen LogP contribution in [0.3, 0.4) is 0 Å². The number of hydrogen-bond donors (Lipinski definition) is 1. The minimum atomic E-state index is -0.367. The van der Waals surface area contributed by atoms with Crippen molar-refractivity contribution in [1.82, 2.24) is 4.98 Å². The highest BCUT2D eigenvalue weighted by atomic mass is 35.5. The van der Waals surface area contributed by atoms with Gasteiger partial charge in [-0.3, -0.25) is 0 Å². The number of aromatic nitrogens is 1. The van der Waals surface area contributed by atoms with Gasteiger partial charge in [-0.15, -0.1) is 0 Å². The van der Waals surface area contributed by atoms with Gasteiger partial charge in [0.15, 0.2) is 11.6 Å². The summed E-state index contributed by atoms with van der Waals surface area (Å²) in [7, 11) is 0. The average molecular weight is 276 g/mol. The number of aromatic amines is 1. The smallest absolute Gasteiger partial charge is 0.165 e. The second-order valence-electron chi connectivity index (χ2n) is 4.20. The summed E-state index contributed by atoms with van der Waals surface area (Å²) in [4.78, 5) is 3.12. The summed E-state index contributed by atoms with van der Waals surface area (Å²) in [5.74, 6) is -0.127. The van der Waals surface area contributed by atoms with Gasteiger partial charge in [0.25, 0.3) is 0 Å². The van der Waals surface area contributed by atoms with Crippen LogP contribution in [0.4, 0.5) is 4.39 Å². The lowest BCUT2D eigenvalue weighted by Crippen LogP contribution is -1.96. The summed E-state index contributed by atoms with van der Waals surface area (Å²) in [6, 6.07) is 12.0. The molecule has 0 unspecified atom stereocenters. The van der Waals surface area contributed by atoms with Crippen molar-refractivity contribution < 1.29 is 9.13 Å². The molecule has 96 valence electrons. The Bertz CT molecular complexity index is 723. The maximum absolute atomic E-state index is 13.5. The first-order valence-electron chi connectivity index (χ1n) is 5.87. The number of H-pyrrole nitrogens is 1. The number of rotatable bonds is 3. The van der Waals surface area contributed by atoms with Crippen LogP contribution in [0.5, 0.6) is 5.75 Å². The van der Waals surface area contributed by atoms with Crippen LogP contribution in [-0.4, -0.2) is 4.98 Å². The van der Waals surface area contributed by atoms with Gasteiger partial charge < -0.3 is 9.72 Å². The van der Waals surface area contributed by atoms with Crippen molar-refractivity contribution in [2.24, 2.45) is 0 Å². The highest BCUT2D eigenvalue weighted by Gasteiger charge is 2.09. The van der Waals surface area contributed by atoms with E-state index in [0.717, 1.165) is 16.5 Å². The first-order valence-corrected chi connectivity index (χ1v) is 6.25. The van der Waals surface area contributed by atoms with Crippen LogP contribution in [0.15, 0.2) is 48.7 Å². The maximum atomic E-state index is 13.5. The molecule has 3 aromatic rings. The summed E-state index contributed by atoms with van der Waals surface area (Å²) in [6.07, 6.45) is 1.83. The topological polar surface area (TPSA) is 25.0 Å². The number of nitrogens with one attached hydrogen (secondary N) is 1. The Balaban J connectivity index is 1.89. The normalized spacial score (nSPS) is 10.8. The molecule has 2 nitrogen and oxygen atoms in total. The number of para-hydroxylation sites is 1. The number of hydrogen-bond acceptors (Lipinski definition) is 1. The summed E-state index contributed by atoms with van der Waals surface area (Å²) >= 11 is 6.17. The highest BCUT2D eigenvalue weighted by molar-refractivity contribution is 6.35. The number of benzene rings is 2. The summed E-state index contributed by atoms with van der Waals surface area (Å²) in [5, 5.41) is 1.58. The van der Waals surface area contributed by atoms with Crippen LogP contribution in [0, 0.1) is 5.82 Å². The zero-order valence-electron chi connectivity index (χ0n) is 9.99. The second-order valence-corrected chi connectivity index (χ2v) is 4.60. The average Bonchev–Trinajstić information content (AvgIpc) is 2.83. The molecule has 4 heteroatoms. The molecule has 0 saturated carbocycles. The van der Waals surface area contributed by atoms with Gasteiger partial charge >= 0.3 is 0 Å². The lowest BCUT2D eigenvalue weighted by Gasteiger charge is -2.06. The van der Waals surface area contributed by atoms with E-state index in [2.05, 4.69) is 4.98 Å². The van der Waals surface area contributed by atoms with E-state index in [1.54, 1.807) is 18.2 Å². The lowest BCUT2D eigenvalue weighted by atomic mass is 10.2. The fraction of sp³-hybridized carbons (Fsp3) is 0.0667. The molecule has 1 heterocycles. The number of halogens is 2. The van der Waals surface area contributed by atoms with Crippen LogP contribution in [0.1, 0.15) is 5.56 Å². The van der Waals surface area contributed by atoms with E-state index in [-0.39, 0.29) is 18.2 Å². The van der Waals surface area contributed by atoms with Crippen LogP contribution >= 0.6 is 11.6 Å². The SMILES string of the molecule is Fc1ccccc1OCc1c[nH]c2cccc(Cl)c12. The van der Waals surface area contributed by atoms with Gasteiger partial charge in [0.2, 0.25) is 0 Å². The molecule has 1 aromatic heterocycles. The van der Waals surface area contributed by atoms with Crippen molar-refractivity contribution in [2.45, 2.75) is 6.61 Å². The van der Waals surface area contributed by atoms with E-state index in [1.807, 2.05) is 24.4 Å². The van der Waals surface area contributed by atoms with E-state index in [9.17, 15) is 4.39 Å². The van der Waals surface area contributed by atoms with Gasteiger partial charge in [-0.05, 0) is 24.3 Å². The zero-order valence-corrected chi connectivity index (χ0v) is 10.7. The Morgan fingerprint density at radius 3 is 2.79 bits per heavy atom. The lowest BCUT2D eigenvalue weighted by molar-refractivity contribution is 0.291. The maximum Gasteiger partial charge on any atom is 0.165 e. The molecule has 0 aliphatic rings. The highest BCUT2D eigenvalue weighted by Crippen LogP contribution is 2.27. The Kier molecular flexibility index (Phi) is 3.13. The molecule has 19 heavy (non-hydrogen) atoms. The molecule has 0 radical (unpaired) electrons. The van der Waals surface area contributed by atoms with Crippen molar-refractivity contribution >= 4 is 22.5 Å². The van der Waals surface area contributed by atoms with Gasteiger partial charge in [-0.2, -0.15) is 0 Å². The van der Waals surface area contributed by atoms with E-state index in [0.29, 0.717) is 5.02 Å². The molecule has 0 spiro atoms. The number of ether oxygens (including phenoxy) is 1. The molecule has 0 bridgehead atoms. The van der Waals surface area contributed by atoms with Crippen molar-refractivity contribution in [3.8, 4) is 5.75 Å². The Labute approximate surface area is 114 Å². The van der Waals surface area contributed by atoms with Crippen LogP contribution in [0.2, 0.25) is 5.02 Å². The Morgan fingerprint density at radius 1 is 1.11 bits per heavy atom. The predicted molar refractivity (Wildman–Crippen MR) is 74.0 cm³/mol. The Hall–Kier alpha value is -2.00. The molecule has 3 rings (SSSR count). The van der Waals surface area contributed by atoms with Gasteiger partial charge in [-0.1, -0.05) is 29.8 Å². The van der Waals surface area contributed by atoms with E-state index < -0.39 is 0 Å². The van der Waals surface area contributed by atoms with Crippen LogP contribution in [-0.2, 0) is 6.61 Å². The molecule has 0 aliphatic heterocycles. The fourth-order valence-electron chi connectivity index (χ4n) is 2.04. The third kappa shape index (κ3) is 2.29. The molecule has 0 fully saturated rings. The molecular weight excluding hydrogens is 265 g/mol. The van der Waals surface area contributed by atoms with Gasteiger partial charge in [0.05, 0.1) is 5.02 Å². The zero-order chi connectivity index (χ0) is 13.2. The molecule has 0 amide bonds. The minimum Gasteiger partial charge on any atom is -0.486 e. The monoisotopic (exact) mass is 275 g/mol. The molecular formula is C15H11ClFNO. The van der Waals surface area contributed by atoms with Crippen molar-refractivity contribution in [2.75, 3.05) is 0 Å². The first-order chi connectivity index (χ1) is 9.25. The molecule has 0 aliphatic carbocycles. The van der Waals surface area contributed by atoms with Gasteiger partial charge in [0.1, 0.15) is 6.61 Å². The Morgan fingerprint density at radius 2 is 1.95 bits per heavy atom. The largest absolute Gasteiger partial charge is 0.486 e. The third-order valence-electron chi connectivity index (χ3n) is 2.96. The van der Waals surface area contributed by atoms with Gasteiger partial charge in [0, 0.05) is 22.7 Å². The molecule has 0 atom stereocenters. The predicted octanol–water partition coefficient (Wildman–Crippen LogP) is 4.54. The van der Waals surface area contributed by atoms with E-state index >= 15 is 0 Å².